The van der Waals surface area contributed by atoms with Crippen LogP contribution >= 0.6 is 0 Å². The number of aromatic nitrogens is 4. The molecule has 0 bridgehead atoms. The Morgan fingerprint density at radius 2 is 1.70 bits per heavy atom. The number of sulfonamides is 1. The Hall–Kier alpha value is -4.86. The largest absolute Gasteiger partial charge is 0.434 e. The van der Waals surface area contributed by atoms with E-state index in [0.717, 1.165) is 16.4 Å². The third-order valence-corrected chi connectivity index (χ3v) is 7.32. The number of primary sulfonamides is 1. The topological polar surface area (TPSA) is 166 Å². The van der Waals surface area contributed by atoms with Crippen LogP contribution in [-0.2, 0) is 27.4 Å². The number of nitrogens with two attached hydrogens (primary N) is 1. The molecule has 11 nitrogen and oxygen atoms in total. The van der Waals surface area contributed by atoms with Gasteiger partial charge in [-0.1, -0.05) is 59.8 Å². The fourth-order valence-corrected chi connectivity index (χ4v) is 4.75. The molecule has 222 valence electrons. The maximum Gasteiger partial charge on any atom is 0.434 e. The Labute approximate surface area is 242 Å². The van der Waals surface area contributed by atoms with E-state index in [2.05, 4.69) is 20.6 Å². The van der Waals surface area contributed by atoms with E-state index in [1.807, 2.05) is 0 Å². The summed E-state index contributed by atoms with van der Waals surface area (Å²) in [5.74, 6) is -1.05. The minimum atomic E-state index is -4.77. The first-order valence-electron chi connectivity index (χ1n) is 12.6. The van der Waals surface area contributed by atoms with E-state index in [-0.39, 0.29) is 40.0 Å². The second kappa shape index (κ2) is 11.8. The molecular formula is C28H23F3N6O5S. The Kier molecular flexibility index (Phi) is 8.12. The highest BCUT2D eigenvalue weighted by Crippen LogP contribution is 2.38. The van der Waals surface area contributed by atoms with Gasteiger partial charge in [0.1, 0.15) is 0 Å². The van der Waals surface area contributed by atoms with Crippen LogP contribution in [0.15, 0.2) is 94.5 Å². The fraction of sp³-hybridized carbons (Fsp3) is 0.143. The number of amides is 1. The molecule has 0 spiro atoms. The second-order valence-electron chi connectivity index (χ2n) is 9.33. The first-order valence-corrected chi connectivity index (χ1v) is 14.2. The third-order valence-electron chi connectivity index (χ3n) is 6.39. The van der Waals surface area contributed by atoms with Gasteiger partial charge >= 0.3 is 6.18 Å². The average molecular weight is 613 g/mol. The molecule has 0 aliphatic carbocycles. The highest BCUT2D eigenvalue weighted by atomic mass is 32.2. The number of halogens is 3. The van der Waals surface area contributed by atoms with E-state index < -0.39 is 33.9 Å². The summed E-state index contributed by atoms with van der Waals surface area (Å²) >= 11 is 0. The van der Waals surface area contributed by atoms with Gasteiger partial charge < -0.3 is 14.9 Å². The van der Waals surface area contributed by atoms with E-state index in [4.69, 9.17) is 9.66 Å². The average Bonchev–Trinajstić information content (AvgIpc) is 3.65. The summed E-state index contributed by atoms with van der Waals surface area (Å²) < 4.78 is 70.6. The van der Waals surface area contributed by atoms with Crippen molar-refractivity contribution in [2.45, 2.75) is 23.6 Å². The number of hydrogen-bond donors (Lipinski definition) is 3. The van der Waals surface area contributed by atoms with Crippen molar-refractivity contribution >= 4 is 15.9 Å². The second-order valence-corrected chi connectivity index (χ2v) is 10.9. The van der Waals surface area contributed by atoms with E-state index in [1.54, 1.807) is 30.3 Å². The number of nitrogens with one attached hydrogen (secondary N) is 1. The lowest BCUT2D eigenvalue weighted by Crippen LogP contribution is -2.31. The summed E-state index contributed by atoms with van der Waals surface area (Å²) in [7, 11) is -3.80. The van der Waals surface area contributed by atoms with Gasteiger partial charge in [0.05, 0.1) is 22.3 Å². The Morgan fingerprint density at radius 3 is 2.33 bits per heavy atom. The van der Waals surface area contributed by atoms with Crippen LogP contribution < -0.4 is 10.5 Å². The number of carbonyl (C=O) groups excluding carboxylic acids is 1. The van der Waals surface area contributed by atoms with E-state index in [1.165, 1.54) is 48.5 Å². The van der Waals surface area contributed by atoms with Crippen molar-refractivity contribution in [1.29, 1.82) is 0 Å². The number of para-hydroxylation sites is 1. The lowest BCUT2D eigenvalue weighted by Gasteiger charge is -2.12. The highest BCUT2D eigenvalue weighted by Gasteiger charge is 2.40. The van der Waals surface area contributed by atoms with Gasteiger partial charge in [-0.05, 0) is 41.8 Å². The molecule has 2 heterocycles. The van der Waals surface area contributed by atoms with Crippen molar-refractivity contribution in [3.63, 3.8) is 0 Å². The molecule has 0 saturated heterocycles. The van der Waals surface area contributed by atoms with Crippen LogP contribution in [0.25, 0.3) is 28.5 Å². The van der Waals surface area contributed by atoms with Crippen molar-refractivity contribution in [2.24, 2.45) is 5.14 Å². The summed E-state index contributed by atoms with van der Waals surface area (Å²) in [6, 6.07) is 19.6. The molecule has 0 unspecified atom stereocenters. The number of benzene rings is 3. The van der Waals surface area contributed by atoms with Gasteiger partial charge in [-0.2, -0.15) is 23.3 Å². The van der Waals surface area contributed by atoms with E-state index >= 15 is 0 Å². The lowest BCUT2D eigenvalue weighted by molar-refractivity contribution is -0.142. The van der Waals surface area contributed by atoms with Crippen LogP contribution in [-0.4, -0.2) is 45.9 Å². The Balaban J connectivity index is 1.25. The molecule has 0 radical (unpaired) electrons. The zero-order chi connectivity index (χ0) is 30.8. The zero-order valence-corrected chi connectivity index (χ0v) is 22.9. The van der Waals surface area contributed by atoms with Crippen molar-refractivity contribution in [3.8, 4) is 28.5 Å². The number of hydrogen-bond acceptors (Lipinski definition) is 8. The van der Waals surface area contributed by atoms with Crippen molar-refractivity contribution in [3.05, 3.63) is 102 Å². The molecule has 1 atom stereocenters. The van der Waals surface area contributed by atoms with Crippen LogP contribution in [0.2, 0.25) is 0 Å². The van der Waals surface area contributed by atoms with Crippen LogP contribution in [0.1, 0.15) is 22.9 Å². The molecule has 2 aromatic heterocycles. The van der Waals surface area contributed by atoms with Gasteiger partial charge in [-0.25, -0.2) is 18.2 Å². The number of nitrogens with zero attached hydrogens (tertiary/aromatic N) is 4. The Morgan fingerprint density at radius 1 is 1.02 bits per heavy atom. The fourth-order valence-electron chi connectivity index (χ4n) is 4.23. The third kappa shape index (κ3) is 6.63. The van der Waals surface area contributed by atoms with Crippen LogP contribution in [0.3, 0.4) is 0 Å². The lowest BCUT2D eigenvalue weighted by atomic mass is 10.1. The van der Waals surface area contributed by atoms with Crippen LogP contribution in [0, 0.1) is 0 Å². The van der Waals surface area contributed by atoms with E-state index in [0.29, 0.717) is 12.0 Å². The van der Waals surface area contributed by atoms with Gasteiger partial charge in [0.2, 0.25) is 15.8 Å². The van der Waals surface area contributed by atoms with Gasteiger partial charge in [-0.3, -0.25) is 4.79 Å². The van der Waals surface area contributed by atoms with Crippen molar-refractivity contribution < 1.29 is 36.0 Å². The van der Waals surface area contributed by atoms with Crippen LogP contribution in [0.5, 0.6) is 0 Å². The summed E-state index contributed by atoms with van der Waals surface area (Å²) in [5.41, 5.74) is 0.126. The number of aliphatic hydroxyl groups is 1. The molecule has 4 N–H and O–H groups in total. The first-order chi connectivity index (χ1) is 20.4. The van der Waals surface area contributed by atoms with Gasteiger partial charge in [-0.15, -0.1) is 0 Å². The molecule has 3 aromatic carbocycles. The standard InChI is InChI=1S/C28H23F3N6O5S/c29-28(30,31)24-22(16-34-37(24)20-4-2-1-3-5-20)27-35-25(36-42-27)19-10-8-18(9-11-19)23(38)26(39)33-15-14-17-6-12-21(13-7-17)43(32,40)41/h1-13,16,23,38H,14-15H2,(H,33,39)(H2,32,40,41)/t23-/m0/s1. The number of aliphatic hydroxyl groups excluding tert-OH is 1. The van der Waals surface area contributed by atoms with E-state index in [9.17, 15) is 31.5 Å². The number of alkyl halides is 3. The molecule has 0 saturated carbocycles. The zero-order valence-electron chi connectivity index (χ0n) is 22.1. The molecule has 0 fully saturated rings. The predicted molar refractivity (Wildman–Crippen MR) is 147 cm³/mol. The molecule has 0 aliphatic rings. The normalized spacial score (nSPS) is 12.7. The summed E-state index contributed by atoms with van der Waals surface area (Å²) in [6.07, 6.45) is -4.89. The SMILES string of the molecule is NS(=O)(=O)c1ccc(CCNC(=O)[C@@H](O)c2ccc(-c3noc(-c4cnn(-c5ccccc5)c4C(F)(F)F)n3)cc2)cc1. The molecule has 5 rings (SSSR count). The minimum absolute atomic E-state index is 0.00506. The maximum absolute atomic E-state index is 14.0. The van der Waals surface area contributed by atoms with Gasteiger partial charge in [0, 0.05) is 12.1 Å². The highest BCUT2D eigenvalue weighted by molar-refractivity contribution is 7.89. The smallest absolute Gasteiger partial charge is 0.378 e. The Bertz CT molecular complexity index is 1840. The maximum atomic E-state index is 14.0. The summed E-state index contributed by atoms with van der Waals surface area (Å²) in [6.45, 7) is 0.176. The molecule has 5 aromatic rings. The van der Waals surface area contributed by atoms with Gasteiger partial charge in [0.25, 0.3) is 11.8 Å². The number of carbonyl (C=O) groups is 1. The molecule has 15 heteroatoms. The molecule has 43 heavy (non-hydrogen) atoms. The quantitative estimate of drug-likeness (QED) is 0.227. The molecule has 1 amide bonds. The molecular weight excluding hydrogens is 589 g/mol. The monoisotopic (exact) mass is 612 g/mol. The first kappa shape index (κ1) is 29.6. The van der Waals surface area contributed by atoms with Gasteiger partial charge in [0.15, 0.2) is 11.8 Å². The van der Waals surface area contributed by atoms with Crippen molar-refractivity contribution in [1.82, 2.24) is 25.2 Å². The van der Waals surface area contributed by atoms with Crippen molar-refractivity contribution in [2.75, 3.05) is 6.54 Å². The van der Waals surface area contributed by atoms with Crippen LogP contribution in [0.4, 0.5) is 13.2 Å². The minimum Gasteiger partial charge on any atom is -0.378 e. The predicted octanol–water partition coefficient (Wildman–Crippen LogP) is 3.65. The summed E-state index contributed by atoms with van der Waals surface area (Å²) in [4.78, 5) is 16.5. The molecule has 0 aliphatic heterocycles. The summed E-state index contributed by atoms with van der Waals surface area (Å²) in [5, 5.41) is 25.8. The number of rotatable bonds is 9.